The van der Waals surface area contributed by atoms with Gasteiger partial charge in [-0.05, 0) is 0 Å². The van der Waals surface area contributed by atoms with Gasteiger partial charge in [0.1, 0.15) is 5.01 Å². The Bertz CT molecular complexity index is 305. The van der Waals surface area contributed by atoms with Gasteiger partial charge in [-0.15, -0.1) is 0 Å². The molecule has 0 amide bonds. The van der Waals surface area contributed by atoms with Crippen molar-refractivity contribution in [2.24, 2.45) is 7.05 Å². The van der Waals surface area contributed by atoms with Gasteiger partial charge in [0.2, 0.25) is 0 Å². The highest BCUT2D eigenvalue weighted by Crippen LogP contribution is 2.21. The van der Waals surface area contributed by atoms with E-state index in [-0.39, 0.29) is 10.3 Å². The summed E-state index contributed by atoms with van der Waals surface area (Å²) in [6.07, 6.45) is 0. The molecule has 1 aromatic rings. The third-order valence-electron chi connectivity index (χ3n) is 1.33. The third kappa shape index (κ3) is 1.68. The van der Waals surface area contributed by atoms with Crippen LogP contribution in [-0.4, -0.2) is 9.78 Å². The molecule has 0 aromatic carbocycles. The van der Waals surface area contributed by atoms with E-state index in [2.05, 4.69) is 5.10 Å². The van der Waals surface area contributed by atoms with Crippen molar-refractivity contribution < 1.29 is 0 Å². The summed E-state index contributed by atoms with van der Waals surface area (Å²) in [7, 11) is 1.67. The van der Waals surface area contributed by atoms with Crippen LogP contribution in [0.2, 0.25) is 0 Å². The largest absolute Gasteiger partial charge is 0.324 e. The van der Waals surface area contributed by atoms with E-state index in [0.717, 1.165) is 5.01 Å². The summed E-state index contributed by atoms with van der Waals surface area (Å²) in [6, 6.07) is 0. The normalized spacial score (nSPS) is 12.0. The summed E-state index contributed by atoms with van der Waals surface area (Å²) in [5.41, 5.74) is -0.00884. The van der Waals surface area contributed by atoms with Crippen LogP contribution in [0.5, 0.6) is 0 Å². The van der Waals surface area contributed by atoms with E-state index < -0.39 is 0 Å². The lowest BCUT2D eigenvalue weighted by molar-refractivity contribution is 0.559. The molecule has 0 saturated carbocycles. The Morgan fingerprint density at radius 1 is 1.45 bits per heavy atom. The lowest BCUT2D eigenvalue weighted by Crippen LogP contribution is -2.12. The Morgan fingerprint density at radius 3 is 2.18 bits per heavy atom. The molecule has 0 radical (unpaired) electrons. The highest BCUT2D eigenvalue weighted by Gasteiger charge is 2.18. The first-order valence-electron chi connectivity index (χ1n) is 3.46. The molecule has 1 heterocycles. The van der Waals surface area contributed by atoms with Gasteiger partial charge in [-0.1, -0.05) is 32.1 Å². The topological polar surface area (TPSA) is 34.9 Å². The Kier molecular flexibility index (Phi) is 1.88. The van der Waals surface area contributed by atoms with Crippen molar-refractivity contribution in [1.29, 1.82) is 0 Å². The summed E-state index contributed by atoms with van der Waals surface area (Å²) in [4.78, 5) is 11.0. The Balaban J connectivity index is 3.18. The Labute approximate surface area is 69.7 Å². The van der Waals surface area contributed by atoms with Gasteiger partial charge in [-0.3, -0.25) is 4.79 Å². The number of rotatable bonds is 0. The summed E-state index contributed by atoms with van der Waals surface area (Å²) in [5.74, 6) is 0. The zero-order chi connectivity index (χ0) is 8.65. The van der Waals surface area contributed by atoms with Gasteiger partial charge in [0.25, 0.3) is 0 Å². The highest BCUT2D eigenvalue weighted by molar-refractivity contribution is 7.09. The molecule has 0 saturated heterocycles. The molecule has 62 valence electrons. The zero-order valence-corrected chi connectivity index (χ0v) is 8.03. The molecule has 0 spiro atoms. The standard InChI is InChI=1S/C7H12N2OS/c1-7(2,3)5-8-9(4)6(10)11-5/h1-4H3. The minimum atomic E-state index is -0.00884. The molecule has 1 rings (SSSR count). The molecule has 3 nitrogen and oxygen atoms in total. The van der Waals surface area contributed by atoms with Crippen LogP contribution in [0.1, 0.15) is 25.8 Å². The smallest absolute Gasteiger partial charge is 0.255 e. The van der Waals surface area contributed by atoms with Crippen LogP contribution in [0.4, 0.5) is 0 Å². The summed E-state index contributed by atoms with van der Waals surface area (Å²) in [5, 5.41) is 5.00. The predicted octanol–water partition coefficient (Wildman–Crippen LogP) is 1.14. The maximum Gasteiger partial charge on any atom is 0.324 e. The fraction of sp³-hybridized carbons (Fsp3) is 0.714. The van der Waals surface area contributed by atoms with Crippen molar-refractivity contribution in [2.45, 2.75) is 26.2 Å². The van der Waals surface area contributed by atoms with Gasteiger partial charge in [-0.25, -0.2) is 4.68 Å². The number of aryl methyl sites for hydroxylation is 1. The van der Waals surface area contributed by atoms with Crippen LogP contribution in [0.3, 0.4) is 0 Å². The van der Waals surface area contributed by atoms with Crippen LogP contribution in [0.25, 0.3) is 0 Å². The van der Waals surface area contributed by atoms with Crippen LogP contribution in [0, 0.1) is 0 Å². The first kappa shape index (κ1) is 8.46. The molecule has 4 heteroatoms. The van der Waals surface area contributed by atoms with E-state index in [9.17, 15) is 4.79 Å². The van der Waals surface area contributed by atoms with Crippen molar-refractivity contribution in [2.75, 3.05) is 0 Å². The van der Waals surface area contributed by atoms with Crippen molar-refractivity contribution >= 4 is 11.3 Å². The third-order valence-corrected chi connectivity index (χ3v) is 2.66. The summed E-state index contributed by atoms with van der Waals surface area (Å²) < 4.78 is 1.38. The fourth-order valence-electron chi connectivity index (χ4n) is 0.649. The maximum absolute atomic E-state index is 11.0. The van der Waals surface area contributed by atoms with E-state index in [1.54, 1.807) is 7.05 Å². The minimum absolute atomic E-state index is 0.00884. The van der Waals surface area contributed by atoms with E-state index >= 15 is 0 Å². The molecule has 11 heavy (non-hydrogen) atoms. The van der Waals surface area contributed by atoms with Crippen molar-refractivity contribution in [3.63, 3.8) is 0 Å². The number of hydrogen-bond acceptors (Lipinski definition) is 3. The predicted molar refractivity (Wildman–Crippen MR) is 46.1 cm³/mol. The highest BCUT2D eigenvalue weighted by atomic mass is 32.1. The second-order valence-corrected chi connectivity index (χ2v) is 4.49. The van der Waals surface area contributed by atoms with E-state index in [1.165, 1.54) is 16.0 Å². The molecular weight excluding hydrogens is 160 g/mol. The van der Waals surface area contributed by atoms with Crippen molar-refractivity contribution in [1.82, 2.24) is 9.78 Å². The SMILES string of the molecule is Cn1nc(C(C)(C)C)sc1=O. The molecule has 0 atom stereocenters. The van der Waals surface area contributed by atoms with E-state index in [0.29, 0.717) is 0 Å². The zero-order valence-electron chi connectivity index (χ0n) is 7.21. The molecular formula is C7H12N2OS. The van der Waals surface area contributed by atoms with Crippen molar-refractivity contribution in [3.05, 3.63) is 14.7 Å². The second kappa shape index (κ2) is 2.44. The van der Waals surface area contributed by atoms with Crippen LogP contribution < -0.4 is 4.87 Å². The lowest BCUT2D eigenvalue weighted by atomic mass is 9.98. The number of hydrogen-bond donors (Lipinski definition) is 0. The van der Waals surface area contributed by atoms with Crippen LogP contribution >= 0.6 is 11.3 Å². The van der Waals surface area contributed by atoms with Gasteiger partial charge in [0.15, 0.2) is 0 Å². The average Bonchev–Trinajstić information content (AvgIpc) is 2.11. The van der Waals surface area contributed by atoms with Gasteiger partial charge in [-0.2, -0.15) is 5.10 Å². The number of nitrogens with zero attached hydrogens (tertiary/aromatic N) is 2. The molecule has 0 unspecified atom stereocenters. The fourth-order valence-corrected chi connectivity index (χ4v) is 1.46. The first-order valence-corrected chi connectivity index (χ1v) is 4.27. The van der Waals surface area contributed by atoms with Gasteiger partial charge in [0, 0.05) is 12.5 Å². The molecule has 1 aromatic heterocycles. The lowest BCUT2D eigenvalue weighted by Gasteiger charge is -2.12. The molecule has 0 aliphatic heterocycles. The molecule has 0 aliphatic rings. The summed E-state index contributed by atoms with van der Waals surface area (Å²) >= 11 is 1.22. The monoisotopic (exact) mass is 172 g/mol. The van der Waals surface area contributed by atoms with E-state index in [4.69, 9.17) is 0 Å². The minimum Gasteiger partial charge on any atom is -0.255 e. The van der Waals surface area contributed by atoms with Gasteiger partial charge in [0.05, 0.1) is 0 Å². The molecule has 0 fully saturated rings. The summed E-state index contributed by atoms with van der Waals surface area (Å²) in [6.45, 7) is 6.14. The second-order valence-electron chi connectivity index (χ2n) is 3.55. The van der Waals surface area contributed by atoms with Gasteiger partial charge < -0.3 is 0 Å². The van der Waals surface area contributed by atoms with Crippen LogP contribution in [0.15, 0.2) is 4.79 Å². The van der Waals surface area contributed by atoms with Crippen LogP contribution in [-0.2, 0) is 12.5 Å². The molecule has 0 bridgehead atoms. The Morgan fingerprint density at radius 2 is 2.00 bits per heavy atom. The van der Waals surface area contributed by atoms with Gasteiger partial charge >= 0.3 is 4.87 Å². The molecule has 0 N–H and O–H groups in total. The maximum atomic E-state index is 11.0. The van der Waals surface area contributed by atoms with Crippen molar-refractivity contribution in [3.8, 4) is 0 Å². The first-order chi connectivity index (χ1) is 4.91. The number of aromatic nitrogens is 2. The average molecular weight is 172 g/mol. The quantitative estimate of drug-likeness (QED) is 0.588. The Hall–Kier alpha value is -0.640. The molecule has 0 aliphatic carbocycles. The van der Waals surface area contributed by atoms with E-state index in [1.807, 2.05) is 20.8 Å².